The molecule has 16 heavy (non-hydrogen) atoms. The molecule has 1 saturated carbocycles. The fraction of sp³-hybridized carbons (Fsp3) is 1.00. The van der Waals surface area contributed by atoms with Crippen molar-refractivity contribution >= 4 is 21.6 Å². The van der Waals surface area contributed by atoms with Crippen LogP contribution in [0.2, 0.25) is 0 Å². The molecule has 2 atom stereocenters. The molecule has 2 aliphatic rings. The Balaban J connectivity index is 1.88. The Bertz CT molecular complexity index is 319. The minimum atomic E-state index is -3.00. The first-order chi connectivity index (χ1) is 7.63. The van der Waals surface area contributed by atoms with Crippen molar-refractivity contribution in [2.45, 2.75) is 32.1 Å². The van der Waals surface area contributed by atoms with Crippen LogP contribution in [0.3, 0.4) is 0 Å². The number of alkyl halides is 1. The van der Waals surface area contributed by atoms with Crippen LogP contribution in [0.5, 0.6) is 0 Å². The minimum Gasteiger partial charge on any atom is -0.212 e. The fourth-order valence-electron chi connectivity index (χ4n) is 2.93. The van der Waals surface area contributed by atoms with E-state index >= 15 is 0 Å². The first-order valence-corrected chi connectivity index (χ1v) is 8.31. The average molecular weight is 266 g/mol. The van der Waals surface area contributed by atoms with E-state index in [0.29, 0.717) is 24.1 Å². The molecule has 0 amide bonds. The van der Waals surface area contributed by atoms with Gasteiger partial charge in [-0.3, -0.25) is 0 Å². The van der Waals surface area contributed by atoms with Crippen molar-refractivity contribution in [1.82, 2.24) is 4.31 Å². The number of hydrogen-bond acceptors (Lipinski definition) is 2. The van der Waals surface area contributed by atoms with Gasteiger partial charge in [-0.1, -0.05) is 6.42 Å². The van der Waals surface area contributed by atoms with E-state index in [-0.39, 0.29) is 5.75 Å². The van der Waals surface area contributed by atoms with Crippen molar-refractivity contribution in [3.05, 3.63) is 0 Å². The van der Waals surface area contributed by atoms with Crippen molar-refractivity contribution in [3.63, 3.8) is 0 Å². The molecule has 0 aromatic heterocycles. The summed E-state index contributed by atoms with van der Waals surface area (Å²) in [4.78, 5) is 0. The van der Waals surface area contributed by atoms with E-state index in [1.165, 1.54) is 19.3 Å². The molecule has 1 saturated heterocycles. The van der Waals surface area contributed by atoms with Crippen LogP contribution < -0.4 is 0 Å². The Kier molecular flexibility index (Phi) is 4.14. The Labute approximate surface area is 103 Å². The predicted molar refractivity (Wildman–Crippen MR) is 66.1 cm³/mol. The second kappa shape index (κ2) is 5.23. The smallest absolute Gasteiger partial charge is 0.212 e. The molecule has 0 bridgehead atoms. The van der Waals surface area contributed by atoms with E-state index in [0.717, 1.165) is 19.5 Å². The van der Waals surface area contributed by atoms with Gasteiger partial charge >= 0.3 is 0 Å². The maximum absolute atomic E-state index is 12.0. The van der Waals surface area contributed by atoms with Gasteiger partial charge in [0.1, 0.15) is 0 Å². The molecule has 1 aliphatic carbocycles. The molecule has 3 nitrogen and oxygen atoms in total. The summed E-state index contributed by atoms with van der Waals surface area (Å²) in [5.41, 5.74) is 0. The zero-order chi connectivity index (χ0) is 11.6. The number of sulfonamides is 1. The van der Waals surface area contributed by atoms with Crippen LogP contribution in [0.25, 0.3) is 0 Å². The van der Waals surface area contributed by atoms with Gasteiger partial charge in [-0.2, -0.15) is 0 Å². The van der Waals surface area contributed by atoms with E-state index in [9.17, 15) is 8.42 Å². The molecule has 0 radical (unpaired) electrons. The molecule has 0 aromatic rings. The van der Waals surface area contributed by atoms with Crippen molar-refractivity contribution in [1.29, 1.82) is 0 Å². The third-order valence-electron chi connectivity index (χ3n) is 3.87. The lowest BCUT2D eigenvalue weighted by Gasteiger charge is -2.16. The number of halogens is 1. The zero-order valence-electron chi connectivity index (χ0n) is 9.57. The molecule has 94 valence electrons. The van der Waals surface area contributed by atoms with Crippen LogP contribution in [-0.2, 0) is 10.0 Å². The maximum Gasteiger partial charge on any atom is 0.214 e. The summed E-state index contributed by atoms with van der Waals surface area (Å²) in [6, 6.07) is 0. The molecular formula is C11H20ClNO2S. The number of rotatable bonds is 5. The molecule has 1 aliphatic heterocycles. The molecule has 5 heteroatoms. The Hall–Kier alpha value is 0.200. The van der Waals surface area contributed by atoms with Gasteiger partial charge < -0.3 is 0 Å². The number of unbranched alkanes of at least 4 members (excludes halogenated alkanes) is 1. The quantitative estimate of drug-likeness (QED) is 0.564. The van der Waals surface area contributed by atoms with Gasteiger partial charge in [0, 0.05) is 19.0 Å². The van der Waals surface area contributed by atoms with Gasteiger partial charge in [-0.15, -0.1) is 11.6 Å². The van der Waals surface area contributed by atoms with Crippen LogP contribution in [0.1, 0.15) is 32.1 Å². The normalized spacial score (nSPS) is 30.8. The van der Waals surface area contributed by atoms with Gasteiger partial charge in [0.2, 0.25) is 10.0 Å². The molecule has 1 heterocycles. The van der Waals surface area contributed by atoms with E-state index in [2.05, 4.69) is 0 Å². The highest BCUT2D eigenvalue weighted by Gasteiger charge is 2.40. The lowest BCUT2D eigenvalue weighted by molar-refractivity contribution is 0.444. The Morgan fingerprint density at radius 1 is 1.12 bits per heavy atom. The first-order valence-electron chi connectivity index (χ1n) is 6.17. The Morgan fingerprint density at radius 3 is 2.31 bits per heavy atom. The molecule has 0 N–H and O–H groups in total. The minimum absolute atomic E-state index is 0.277. The monoisotopic (exact) mass is 265 g/mol. The SMILES string of the molecule is O=S(=O)(CCCCCl)N1CC2CCCC2C1. The summed E-state index contributed by atoms with van der Waals surface area (Å²) in [7, 11) is -3.00. The summed E-state index contributed by atoms with van der Waals surface area (Å²) in [6.07, 6.45) is 5.21. The summed E-state index contributed by atoms with van der Waals surface area (Å²) in [6.45, 7) is 1.54. The summed E-state index contributed by atoms with van der Waals surface area (Å²) in [5.74, 6) is 2.12. The van der Waals surface area contributed by atoms with Gasteiger partial charge in [0.05, 0.1) is 5.75 Å². The second-order valence-corrected chi connectivity index (χ2v) is 7.45. The van der Waals surface area contributed by atoms with E-state index in [1.807, 2.05) is 0 Å². The number of fused-ring (bicyclic) bond motifs is 1. The van der Waals surface area contributed by atoms with Crippen LogP contribution in [0, 0.1) is 11.8 Å². The van der Waals surface area contributed by atoms with Crippen LogP contribution in [0.4, 0.5) is 0 Å². The third kappa shape index (κ3) is 2.71. The summed E-state index contributed by atoms with van der Waals surface area (Å²) in [5, 5.41) is 0. The van der Waals surface area contributed by atoms with E-state index in [1.54, 1.807) is 4.31 Å². The van der Waals surface area contributed by atoms with E-state index < -0.39 is 10.0 Å². The summed E-state index contributed by atoms with van der Waals surface area (Å²) >= 11 is 5.56. The maximum atomic E-state index is 12.0. The zero-order valence-corrected chi connectivity index (χ0v) is 11.1. The van der Waals surface area contributed by atoms with Crippen molar-refractivity contribution < 1.29 is 8.42 Å². The number of nitrogens with zero attached hydrogens (tertiary/aromatic N) is 1. The predicted octanol–water partition coefficient (Wildman–Crippen LogP) is 2.07. The van der Waals surface area contributed by atoms with Crippen LogP contribution in [0.15, 0.2) is 0 Å². The summed E-state index contributed by atoms with van der Waals surface area (Å²) < 4.78 is 25.8. The standard InChI is InChI=1S/C11H20ClNO2S/c12-6-1-2-7-16(14,15)13-8-10-4-3-5-11(10)9-13/h10-11H,1-9H2. The molecule has 0 aromatic carbocycles. The fourth-order valence-corrected chi connectivity index (χ4v) is 4.78. The highest BCUT2D eigenvalue weighted by Crippen LogP contribution is 2.38. The lowest BCUT2D eigenvalue weighted by atomic mass is 10.0. The van der Waals surface area contributed by atoms with Crippen molar-refractivity contribution in [3.8, 4) is 0 Å². The highest BCUT2D eigenvalue weighted by molar-refractivity contribution is 7.89. The first kappa shape index (κ1) is 12.7. The van der Waals surface area contributed by atoms with E-state index in [4.69, 9.17) is 11.6 Å². The molecule has 2 rings (SSSR count). The van der Waals surface area contributed by atoms with Crippen LogP contribution >= 0.6 is 11.6 Å². The molecular weight excluding hydrogens is 246 g/mol. The van der Waals surface area contributed by atoms with Gasteiger partial charge in [0.25, 0.3) is 0 Å². The van der Waals surface area contributed by atoms with Crippen LogP contribution in [-0.4, -0.2) is 37.4 Å². The highest BCUT2D eigenvalue weighted by atomic mass is 35.5. The van der Waals surface area contributed by atoms with Crippen molar-refractivity contribution in [2.24, 2.45) is 11.8 Å². The topological polar surface area (TPSA) is 37.4 Å². The van der Waals surface area contributed by atoms with Gasteiger partial charge in [-0.05, 0) is 37.5 Å². The van der Waals surface area contributed by atoms with Gasteiger partial charge in [-0.25, -0.2) is 12.7 Å². The Morgan fingerprint density at radius 2 is 1.75 bits per heavy atom. The average Bonchev–Trinajstić information content (AvgIpc) is 2.76. The lowest BCUT2D eigenvalue weighted by Crippen LogP contribution is -2.31. The second-order valence-electron chi connectivity index (χ2n) is 4.98. The number of hydrogen-bond donors (Lipinski definition) is 0. The molecule has 2 unspecified atom stereocenters. The molecule has 2 fully saturated rings. The molecule has 0 spiro atoms. The largest absolute Gasteiger partial charge is 0.214 e. The van der Waals surface area contributed by atoms with Gasteiger partial charge in [0.15, 0.2) is 0 Å². The third-order valence-corrected chi connectivity index (χ3v) is 6.03. The van der Waals surface area contributed by atoms with Crippen molar-refractivity contribution in [2.75, 3.05) is 24.7 Å².